The molecule has 1 saturated heterocycles. The molecule has 2 rings (SSSR count). The van der Waals surface area contributed by atoms with Crippen LogP contribution in [0.3, 0.4) is 0 Å². The molecule has 4 heteroatoms. The number of hydrogen-bond donors (Lipinski definition) is 0. The van der Waals surface area contributed by atoms with Gasteiger partial charge in [0, 0.05) is 6.61 Å². The van der Waals surface area contributed by atoms with Gasteiger partial charge in [0.25, 0.3) is 0 Å². The minimum Gasteiger partial charge on any atom is -0.372 e. The van der Waals surface area contributed by atoms with Crippen LogP contribution in [-0.2, 0) is 4.74 Å². The van der Waals surface area contributed by atoms with Gasteiger partial charge in [0.05, 0.1) is 18.1 Å². The van der Waals surface area contributed by atoms with E-state index in [1.54, 1.807) is 12.4 Å². The third-order valence-corrected chi connectivity index (χ3v) is 2.56. The molecule has 0 aromatic carbocycles. The van der Waals surface area contributed by atoms with E-state index in [0.717, 1.165) is 23.3 Å². The van der Waals surface area contributed by atoms with Crippen molar-refractivity contribution in [1.82, 2.24) is 9.97 Å². The number of ether oxygens (including phenoxy) is 1. The smallest absolute Gasteiger partial charge is 0.124 e. The maximum atomic E-state index is 5.59. The Bertz CT molecular complexity index is 269. The predicted molar refractivity (Wildman–Crippen MR) is 52.3 cm³/mol. The second-order valence-electron chi connectivity index (χ2n) is 3.12. The van der Waals surface area contributed by atoms with Crippen molar-refractivity contribution in [3.8, 4) is 0 Å². The highest BCUT2D eigenvalue weighted by Crippen LogP contribution is 2.25. The molecule has 1 aromatic rings. The lowest BCUT2D eigenvalue weighted by Crippen LogP contribution is -2.12. The van der Waals surface area contributed by atoms with Gasteiger partial charge in [-0.1, -0.05) is 0 Å². The van der Waals surface area contributed by atoms with Crippen LogP contribution in [0.15, 0.2) is 17.0 Å². The van der Waals surface area contributed by atoms with E-state index in [4.69, 9.17) is 4.74 Å². The van der Waals surface area contributed by atoms with Gasteiger partial charge in [-0.15, -0.1) is 0 Å². The molecule has 0 bridgehead atoms. The molecule has 1 unspecified atom stereocenters. The molecular weight excluding hydrogens is 232 g/mol. The van der Waals surface area contributed by atoms with Gasteiger partial charge in [0.15, 0.2) is 0 Å². The van der Waals surface area contributed by atoms with Gasteiger partial charge in [-0.3, -0.25) is 4.98 Å². The molecule has 1 aliphatic rings. The molecule has 0 aliphatic carbocycles. The highest BCUT2D eigenvalue weighted by Gasteiger charge is 2.17. The predicted octanol–water partition coefficient (Wildman–Crippen LogP) is 2.48. The van der Waals surface area contributed by atoms with E-state index in [9.17, 15) is 0 Å². The molecule has 1 atom stereocenters. The fourth-order valence-corrected chi connectivity index (χ4v) is 1.67. The summed E-state index contributed by atoms with van der Waals surface area (Å²) < 4.78 is 6.36. The van der Waals surface area contributed by atoms with Gasteiger partial charge >= 0.3 is 0 Å². The number of nitrogens with zero attached hydrogens (tertiary/aromatic N) is 2. The van der Waals surface area contributed by atoms with E-state index in [-0.39, 0.29) is 6.10 Å². The van der Waals surface area contributed by atoms with Crippen LogP contribution in [0.5, 0.6) is 0 Å². The molecule has 0 N–H and O–H groups in total. The van der Waals surface area contributed by atoms with Crippen molar-refractivity contribution in [3.63, 3.8) is 0 Å². The molecule has 13 heavy (non-hydrogen) atoms. The summed E-state index contributed by atoms with van der Waals surface area (Å²) in [5.74, 6) is 0. The zero-order chi connectivity index (χ0) is 9.10. The Morgan fingerprint density at radius 2 is 2.23 bits per heavy atom. The van der Waals surface area contributed by atoms with Crippen molar-refractivity contribution in [2.75, 3.05) is 6.61 Å². The van der Waals surface area contributed by atoms with E-state index in [1.165, 1.54) is 12.8 Å². The lowest BCUT2D eigenvalue weighted by Gasteiger charge is -2.21. The van der Waals surface area contributed by atoms with E-state index >= 15 is 0 Å². The topological polar surface area (TPSA) is 35.0 Å². The van der Waals surface area contributed by atoms with Gasteiger partial charge in [-0.2, -0.15) is 0 Å². The second-order valence-corrected chi connectivity index (χ2v) is 3.93. The van der Waals surface area contributed by atoms with Crippen LogP contribution in [0.25, 0.3) is 0 Å². The van der Waals surface area contributed by atoms with Crippen LogP contribution < -0.4 is 0 Å². The highest BCUT2D eigenvalue weighted by atomic mass is 79.9. The number of aromatic nitrogens is 2. The van der Waals surface area contributed by atoms with Crippen molar-refractivity contribution >= 4 is 15.9 Å². The van der Waals surface area contributed by atoms with Crippen molar-refractivity contribution < 1.29 is 4.74 Å². The third-order valence-electron chi connectivity index (χ3n) is 2.15. The first kappa shape index (κ1) is 9.09. The van der Waals surface area contributed by atoms with Crippen molar-refractivity contribution in [3.05, 3.63) is 22.7 Å². The summed E-state index contributed by atoms with van der Waals surface area (Å²) >= 11 is 3.26. The second kappa shape index (κ2) is 4.15. The van der Waals surface area contributed by atoms with Gasteiger partial charge < -0.3 is 4.74 Å². The monoisotopic (exact) mass is 242 g/mol. The Kier molecular flexibility index (Phi) is 2.90. The first-order valence-corrected chi connectivity index (χ1v) is 5.24. The molecule has 3 nitrogen and oxygen atoms in total. The molecule has 0 amide bonds. The van der Waals surface area contributed by atoms with Crippen molar-refractivity contribution in [1.29, 1.82) is 0 Å². The molecular formula is C9H11BrN2O. The van der Waals surface area contributed by atoms with E-state index < -0.39 is 0 Å². The lowest BCUT2D eigenvalue weighted by atomic mass is 10.1. The molecule has 2 heterocycles. The van der Waals surface area contributed by atoms with E-state index in [2.05, 4.69) is 25.9 Å². The Labute approximate surface area is 85.7 Å². The maximum Gasteiger partial charge on any atom is 0.124 e. The average Bonchev–Trinajstić information content (AvgIpc) is 2.20. The number of hydrogen-bond acceptors (Lipinski definition) is 3. The van der Waals surface area contributed by atoms with E-state index in [1.807, 2.05) is 0 Å². The summed E-state index contributed by atoms with van der Waals surface area (Å²) in [6.45, 7) is 0.850. The standard InChI is InChI=1S/C9H11BrN2O/c10-9-6-11-7(5-12-9)8-3-1-2-4-13-8/h5-6,8H,1-4H2. The summed E-state index contributed by atoms with van der Waals surface area (Å²) in [4.78, 5) is 8.40. The zero-order valence-electron chi connectivity index (χ0n) is 7.24. The molecule has 1 aromatic heterocycles. The first-order valence-electron chi connectivity index (χ1n) is 4.45. The number of halogens is 1. The van der Waals surface area contributed by atoms with Gasteiger partial charge in [-0.25, -0.2) is 4.98 Å². The van der Waals surface area contributed by atoms with Gasteiger partial charge in [0.1, 0.15) is 10.7 Å². The molecule has 0 spiro atoms. The Morgan fingerprint density at radius 3 is 2.85 bits per heavy atom. The third kappa shape index (κ3) is 2.25. The Balaban J connectivity index is 2.10. The van der Waals surface area contributed by atoms with Crippen LogP contribution in [0, 0.1) is 0 Å². The van der Waals surface area contributed by atoms with Crippen molar-refractivity contribution in [2.24, 2.45) is 0 Å². The summed E-state index contributed by atoms with van der Waals surface area (Å²) in [5, 5.41) is 0. The maximum absolute atomic E-state index is 5.59. The highest BCUT2D eigenvalue weighted by molar-refractivity contribution is 9.10. The first-order chi connectivity index (χ1) is 6.36. The largest absolute Gasteiger partial charge is 0.372 e. The van der Waals surface area contributed by atoms with Crippen LogP contribution >= 0.6 is 15.9 Å². The quantitative estimate of drug-likeness (QED) is 0.760. The number of rotatable bonds is 1. The summed E-state index contributed by atoms with van der Waals surface area (Å²) in [5.41, 5.74) is 0.947. The lowest BCUT2D eigenvalue weighted by molar-refractivity contribution is 0.0121. The zero-order valence-corrected chi connectivity index (χ0v) is 8.83. The molecule has 0 radical (unpaired) electrons. The molecule has 0 saturated carbocycles. The van der Waals surface area contributed by atoms with E-state index in [0.29, 0.717) is 0 Å². The Morgan fingerprint density at radius 1 is 1.31 bits per heavy atom. The van der Waals surface area contributed by atoms with Crippen LogP contribution in [0.1, 0.15) is 31.1 Å². The molecule has 1 fully saturated rings. The van der Waals surface area contributed by atoms with Crippen LogP contribution in [0.2, 0.25) is 0 Å². The minimum atomic E-state index is 0.161. The summed E-state index contributed by atoms with van der Waals surface area (Å²) in [6.07, 6.45) is 7.11. The molecule has 70 valence electrons. The average molecular weight is 243 g/mol. The summed E-state index contributed by atoms with van der Waals surface area (Å²) in [7, 11) is 0. The van der Waals surface area contributed by atoms with Gasteiger partial charge in [-0.05, 0) is 35.2 Å². The SMILES string of the molecule is Brc1cnc(C2CCCCO2)cn1. The summed E-state index contributed by atoms with van der Waals surface area (Å²) in [6, 6.07) is 0. The fraction of sp³-hybridized carbons (Fsp3) is 0.556. The van der Waals surface area contributed by atoms with Crippen molar-refractivity contribution in [2.45, 2.75) is 25.4 Å². The fourth-order valence-electron chi connectivity index (χ4n) is 1.46. The van der Waals surface area contributed by atoms with Gasteiger partial charge in [0.2, 0.25) is 0 Å². The van der Waals surface area contributed by atoms with Crippen LogP contribution in [0.4, 0.5) is 0 Å². The Hall–Kier alpha value is -0.480. The molecule has 1 aliphatic heterocycles. The minimum absolute atomic E-state index is 0.161. The normalized spacial score (nSPS) is 23.0. The van der Waals surface area contributed by atoms with Crippen LogP contribution in [-0.4, -0.2) is 16.6 Å².